The first-order chi connectivity index (χ1) is 14.3. The van der Waals surface area contributed by atoms with Crippen LogP contribution in [0.25, 0.3) is 11.2 Å². The first-order valence-corrected chi connectivity index (χ1v) is 10.0. The monoisotopic (exact) mass is 411 g/mol. The number of carbonyl (C=O) groups is 1. The smallest absolute Gasteiger partial charge is 0.333 e. The topological polar surface area (TPSA) is 91.4 Å². The van der Waals surface area contributed by atoms with Crippen molar-refractivity contribution in [2.75, 3.05) is 18.1 Å². The largest absolute Gasteiger partial charge is 0.465 e. The maximum absolute atomic E-state index is 13.2. The van der Waals surface area contributed by atoms with Crippen LogP contribution in [0.3, 0.4) is 0 Å². The lowest BCUT2D eigenvalue weighted by atomic mass is 10.1. The molecule has 0 radical (unpaired) electrons. The molecule has 0 bridgehead atoms. The van der Waals surface area contributed by atoms with Crippen molar-refractivity contribution in [1.29, 1.82) is 0 Å². The summed E-state index contributed by atoms with van der Waals surface area (Å²) in [6.45, 7) is 6.93. The van der Waals surface area contributed by atoms with Crippen LogP contribution in [0.2, 0.25) is 0 Å². The highest BCUT2D eigenvalue weighted by Crippen LogP contribution is 2.31. The number of imidazole rings is 1. The van der Waals surface area contributed by atoms with Gasteiger partial charge in [-0.2, -0.15) is 4.98 Å². The molecule has 4 rings (SSSR count). The third-order valence-electron chi connectivity index (χ3n) is 5.61. The zero-order chi connectivity index (χ0) is 21.6. The van der Waals surface area contributed by atoms with Crippen molar-refractivity contribution in [2.24, 2.45) is 7.05 Å². The second kappa shape index (κ2) is 7.47. The zero-order valence-electron chi connectivity index (χ0n) is 17.6. The number of aryl methyl sites for hydroxylation is 4. The third kappa shape index (κ3) is 3.10. The van der Waals surface area contributed by atoms with E-state index in [2.05, 4.69) is 35.9 Å². The number of hydrogen-bond donors (Lipinski definition) is 0. The highest BCUT2D eigenvalue weighted by molar-refractivity contribution is 5.77. The van der Waals surface area contributed by atoms with Crippen LogP contribution in [0.15, 0.2) is 27.8 Å². The van der Waals surface area contributed by atoms with E-state index < -0.39 is 23.8 Å². The summed E-state index contributed by atoms with van der Waals surface area (Å²) in [6, 6.07) is 6.20. The Morgan fingerprint density at radius 3 is 2.63 bits per heavy atom. The molecule has 0 saturated carbocycles. The number of benzene rings is 1. The molecule has 2 aromatic heterocycles. The highest BCUT2D eigenvalue weighted by Gasteiger charge is 2.27. The van der Waals surface area contributed by atoms with Crippen molar-refractivity contribution in [3.63, 3.8) is 0 Å². The maximum Gasteiger partial charge on any atom is 0.333 e. The molecule has 3 heterocycles. The fourth-order valence-corrected chi connectivity index (χ4v) is 3.88. The second-order valence-corrected chi connectivity index (χ2v) is 7.55. The van der Waals surface area contributed by atoms with Gasteiger partial charge in [0.05, 0.1) is 6.61 Å². The second-order valence-electron chi connectivity index (χ2n) is 7.55. The lowest BCUT2D eigenvalue weighted by molar-refractivity contribution is -0.143. The number of ether oxygens (including phenoxy) is 1. The predicted octanol–water partition coefficient (Wildman–Crippen LogP) is 1.62. The third-order valence-corrected chi connectivity index (χ3v) is 5.61. The number of esters is 1. The van der Waals surface area contributed by atoms with Gasteiger partial charge in [0.25, 0.3) is 5.56 Å². The highest BCUT2D eigenvalue weighted by atomic mass is 16.5. The minimum absolute atomic E-state index is 0.184. The lowest BCUT2D eigenvalue weighted by Gasteiger charge is -2.29. The Bertz CT molecular complexity index is 1270. The van der Waals surface area contributed by atoms with Crippen LogP contribution in [0.5, 0.6) is 0 Å². The van der Waals surface area contributed by atoms with E-state index >= 15 is 0 Å². The van der Waals surface area contributed by atoms with Gasteiger partial charge in [-0.25, -0.2) is 9.36 Å². The summed E-state index contributed by atoms with van der Waals surface area (Å²) in [5.74, 6) is 0.00618. The van der Waals surface area contributed by atoms with Crippen LogP contribution in [0, 0.1) is 13.8 Å². The number of fused-ring (bicyclic) bond motifs is 3. The molecule has 0 spiro atoms. The van der Waals surface area contributed by atoms with E-state index in [1.807, 2.05) is 10.6 Å². The molecule has 1 aliphatic rings. The van der Waals surface area contributed by atoms with Gasteiger partial charge in [0.2, 0.25) is 5.95 Å². The van der Waals surface area contributed by atoms with Crippen molar-refractivity contribution in [2.45, 2.75) is 40.3 Å². The Balaban J connectivity index is 1.91. The van der Waals surface area contributed by atoms with Crippen molar-refractivity contribution >= 4 is 28.8 Å². The molecule has 30 heavy (non-hydrogen) atoms. The van der Waals surface area contributed by atoms with E-state index in [4.69, 9.17) is 4.74 Å². The van der Waals surface area contributed by atoms with Gasteiger partial charge in [-0.05, 0) is 50.5 Å². The minimum atomic E-state index is -0.619. The van der Waals surface area contributed by atoms with Gasteiger partial charge in [-0.15, -0.1) is 0 Å². The molecular weight excluding hydrogens is 386 g/mol. The van der Waals surface area contributed by atoms with Gasteiger partial charge >= 0.3 is 11.7 Å². The van der Waals surface area contributed by atoms with Crippen molar-refractivity contribution in [1.82, 2.24) is 18.7 Å². The van der Waals surface area contributed by atoms with E-state index in [0.29, 0.717) is 23.7 Å². The molecule has 0 fully saturated rings. The first kappa shape index (κ1) is 19.9. The minimum Gasteiger partial charge on any atom is -0.465 e. The van der Waals surface area contributed by atoms with Gasteiger partial charge in [0.15, 0.2) is 11.2 Å². The Morgan fingerprint density at radius 2 is 1.93 bits per heavy atom. The maximum atomic E-state index is 13.2. The number of nitrogens with zero attached hydrogens (tertiary/aromatic N) is 5. The summed E-state index contributed by atoms with van der Waals surface area (Å²) >= 11 is 0. The SMILES string of the molecule is CCOC(=O)Cn1c(=O)c2c(nc3n2CCCN3c2ccc(C)c(C)c2)n(C)c1=O. The summed E-state index contributed by atoms with van der Waals surface area (Å²) < 4.78 is 9.00. The summed E-state index contributed by atoms with van der Waals surface area (Å²) in [7, 11) is 1.56. The molecular formula is C21H25N5O4. The van der Waals surface area contributed by atoms with Crippen molar-refractivity contribution in [3.8, 4) is 0 Å². The Morgan fingerprint density at radius 1 is 1.17 bits per heavy atom. The zero-order valence-corrected chi connectivity index (χ0v) is 17.6. The molecule has 1 aliphatic heterocycles. The molecule has 0 unspecified atom stereocenters. The van der Waals surface area contributed by atoms with Gasteiger partial charge < -0.3 is 14.2 Å². The lowest BCUT2D eigenvalue weighted by Crippen LogP contribution is -2.41. The summed E-state index contributed by atoms with van der Waals surface area (Å²) in [6.07, 6.45) is 0.825. The number of rotatable bonds is 4. The molecule has 0 saturated heterocycles. The van der Waals surface area contributed by atoms with Crippen LogP contribution in [-0.2, 0) is 29.7 Å². The number of carbonyl (C=O) groups excluding carboxylic acids is 1. The van der Waals surface area contributed by atoms with Crippen LogP contribution in [0.4, 0.5) is 11.6 Å². The summed E-state index contributed by atoms with van der Waals surface area (Å²) in [5.41, 5.74) is 2.89. The molecule has 0 aliphatic carbocycles. The van der Waals surface area contributed by atoms with Crippen molar-refractivity contribution in [3.05, 3.63) is 50.2 Å². The van der Waals surface area contributed by atoms with Crippen LogP contribution < -0.4 is 16.1 Å². The average Bonchev–Trinajstić information content (AvgIpc) is 3.12. The van der Waals surface area contributed by atoms with Gasteiger partial charge in [0, 0.05) is 25.8 Å². The van der Waals surface area contributed by atoms with Crippen molar-refractivity contribution < 1.29 is 9.53 Å². The molecule has 1 aromatic carbocycles. The fourth-order valence-electron chi connectivity index (χ4n) is 3.88. The van der Waals surface area contributed by atoms with E-state index in [-0.39, 0.29) is 6.61 Å². The Hall–Kier alpha value is -3.36. The molecule has 0 atom stereocenters. The molecule has 0 N–H and O–H groups in total. The Labute approximate surface area is 173 Å². The molecule has 3 aromatic rings. The molecule has 9 nitrogen and oxygen atoms in total. The molecule has 158 valence electrons. The standard InChI is InChI=1S/C21H25N5O4/c1-5-30-16(27)12-26-19(28)17-18(23(4)21(26)29)22-20-24(9-6-10-25(17)20)15-8-7-13(2)14(3)11-15/h7-8,11H,5-6,9-10,12H2,1-4H3. The van der Waals surface area contributed by atoms with Gasteiger partial charge in [0.1, 0.15) is 6.54 Å². The first-order valence-electron chi connectivity index (χ1n) is 10.0. The predicted molar refractivity (Wildman–Crippen MR) is 113 cm³/mol. The quantitative estimate of drug-likeness (QED) is 0.606. The van der Waals surface area contributed by atoms with Crippen LogP contribution in [-0.4, -0.2) is 37.8 Å². The summed E-state index contributed by atoms with van der Waals surface area (Å²) in [5, 5.41) is 0. The number of aromatic nitrogens is 4. The van der Waals surface area contributed by atoms with Crippen LogP contribution in [0.1, 0.15) is 24.5 Å². The number of anilines is 2. The van der Waals surface area contributed by atoms with E-state index in [1.54, 1.807) is 14.0 Å². The molecule has 0 amide bonds. The van der Waals surface area contributed by atoms with E-state index in [9.17, 15) is 14.4 Å². The van der Waals surface area contributed by atoms with E-state index in [1.165, 1.54) is 15.7 Å². The van der Waals surface area contributed by atoms with Gasteiger partial charge in [-0.1, -0.05) is 6.07 Å². The van der Waals surface area contributed by atoms with E-state index in [0.717, 1.165) is 23.2 Å². The normalized spacial score (nSPS) is 13.5. The Kier molecular flexibility index (Phi) is 4.97. The summed E-state index contributed by atoms with van der Waals surface area (Å²) in [4.78, 5) is 44.6. The van der Waals surface area contributed by atoms with Crippen LogP contribution >= 0.6 is 0 Å². The molecule has 9 heteroatoms. The van der Waals surface area contributed by atoms with Gasteiger partial charge in [-0.3, -0.25) is 14.2 Å². The number of hydrogen-bond acceptors (Lipinski definition) is 6. The average molecular weight is 411 g/mol. The fraction of sp³-hybridized carbons (Fsp3) is 0.429.